The third-order valence-electron chi connectivity index (χ3n) is 7.02. The molecule has 1 saturated heterocycles. The average Bonchev–Trinajstić information content (AvgIpc) is 3.20. The molecular formula is C27H25N3O6. The van der Waals surface area contributed by atoms with Crippen LogP contribution in [0.1, 0.15) is 53.1 Å². The topological polar surface area (TPSA) is 133 Å². The van der Waals surface area contributed by atoms with Gasteiger partial charge in [0, 0.05) is 42.6 Å². The van der Waals surface area contributed by atoms with Gasteiger partial charge in [-0.3, -0.25) is 29.3 Å². The highest BCUT2D eigenvalue weighted by molar-refractivity contribution is 6.23. The molecule has 3 amide bonds. The molecule has 2 heterocycles. The van der Waals surface area contributed by atoms with E-state index in [-0.39, 0.29) is 72.8 Å². The first-order chi connectivity index (χ1) is 17.4. The zero-order valence-corrected chi connectivity index (χ0v) is 19.5. The minimum atomic E-state index is -0.762. The summed E-state index contributed by atoms with van der Waals surface area (Å²) in [4.78, 5) is 64.4. The third-order valence-corrected chi connectivity index (χ3v) is 7.02. The highest BCUT2D eigenvalue weighted by Gasteiger charge is 2.40. The van der Waals surface area contributed by atoms with Crippen LogP contribution in [-0.4, -0.2) is 51.9 Å². The van der Waals surface area contributed by atoms with Crippen LogP contribution in [0.3, 0.4) is 0 Å². The fourth-order valence-corrected chi connectivity index (χ4v) is 5.22. The van der Waals surface area contributed by atoms with Crippen molar-refractivity contribution >= 4 is 35.0 Å². The number of imide groups is 1. The summed E-state index contributed by atoms with van der Waals surface area (Å²) >= 11 is 0. The number of carbonyl (C=O) groups is 5. The quantitative estimate of drug-likeness (QED) is 0.333. The monoisotopic (exact) mass is 487 g/mol. The molecule has 3 aliphatic rings. The third kappa shape index (κ3) is 4.22. The van der Waals surface area contributed by atoms with Crippen LogP contribution in [0.25, 0.3) is 0 Å². The Balaban J connectivity index is 1.40. The molecule has 184 valence electrons. The van der Waals surface area contributed by atoms with Crippen molar-refractivity contribution in [3.8, 4) is 0 Å². The number of aliphatic hydroxyl groups excluding tert-OH is 1. The van der Waals surface area contributed by atoms with Crippen molar-refractivity contribution in [2.75, 3.05) is 11.9 Å². The van der Waals surface area contributed by atoms with Crippen molar-refractivity contribution in [3.05, 3.63) is 76.5 Å². The second-order valence-electron chi connectivity index (χ2n) is 9.23. The summed E-state index contributed by atoms with van der Waals surface area (Å²) in [5, 5.41) is 15.4. The minimum absolute atomic E-state index is 0.0476. The Morgan fingerprint density at radius 2 is 1.69 bits per heavy atom. The number of allylic oxidation sites excluding steroid dienone is 1. The van der Waals surface area contributed by atoms with Gasteiger partial charge in [-0.2, -0.15) is 0 Å². The molecule has 9 nitrogen and oxygen atoms in total. The molecule has 0 aromatic heterocycles. The van der Waals surface area contributed by atoms with Gasteiger partial charge in [-0.15, -0.1) is 0 Å². The minimum Gasteiger partial charge on any atom is -0.390 e. The summed E-state index contributed by atoms with van der Waals surface area (Å²) < 4.78 is 0. The van der Waals surface area contributed by atoms with E-state index in [9.17, 15) is 29.1 Å². The lowest BCUT2D eigenvalue weighted by atomic mass is 9.79. The van der Waals surface area contributed by atoms with Crippen LogP contribution in [0.2, 0.25) is 0 Å². The number of benzene rings is 2. The highest BCUT2D eigenvalue weighted by Crippen LogP contribution is 2.35. The molecule has 2 fully saturated rings. The van der Waals surface area contributed by atoms with Crippen molar-refractivity contribution in [2.24, 2.45) is 0 Å². The molecule has 2 aromatic carbocycles. The number of nitrogens with one attached hydrogen (secondary N) is 2. The predicted molar refractivity (Wildman–Crippen MR) is 129 cm³/mol. The summed E-state index contributed by atoms with van der Waals surface area (Å²) in [5.41, 5.74) is 2.42. The first kappa shape index (κ1) is 23.6. The predicted octanol–water partition coefficient (Wildman–Crippen LogP) is 1.82. The van der Waals surface area contributed by atoms with Gasteiger partial charge in [-0.05, 0) is 30.0 Å². The van der Waals surface area contributed by atoms with E-state index in [2.05, 4.69) is 10.6 Å². The number of piperidine rings is 1. The van der Waals surface area contributed by atoms with E-state index in [1.165, 1.54) is 4.90 Å². The molecule has 1 aliphatic carbocycles. The van der Waals surface area contributed by atoms with Crippen LogP contribution < -0.4 is 10.6 Å². The first-order valence-electron chi connectivity index (χ1n) is 11.9. The van der Waals surface area contributed by atoms with E-state index in [1.54, 1.807) is 18.2 Å². The lowest BCUT2D eigenvalue weighted by molar-refractivity contribution is -0.137. The van der Waals surface area contributed by atoms with Gasteiger partial charge in [0.2, 0.25) is 11.8 Å². The molecule has 2 aliphatic heterocycles. The Morgan fingerprint density at radius 3 is 2.36 bits per heavy atom. The van der Waals surface area contributed by atoms with Crippen LogP contribution in [-0.2, 0) is 25.7 Å². The Morgan fingerprint density at radius 1 is 0.972 bits per heavy atom. The second kappa shape index (κ2) is 9.50. The molecule has 1 saturated carbocycles. The van der Waals surface area contributed by atoms with E-state index < -0.39 is 18.6 Å². The Bertz CT molecular complexity index is 1300. The van der Waals surface area contributed by atoms with E-state index in [4.69, 9.17) is 0 Å². The zero-order chi connectivity index (χ0) is 25.4. The molecule has 3 N–H and O–H groups in total. The normalized spacial score (nSPS) is 22.0. The molecule has 2 aromatic rings. The maximum absolute atomic E-state index is 13.1. The van der Waals surface area contributed by atoms with Gasteiger partial charge in [0.25, 0.3) is 5.91 Å². The summed E-state index contributed by atoms with van der Waals surface area (Å²) in [5.74, 6) is -2.10. The molecule has 0 radical (unpaired) electrons. The molecule has 36 heavy (non-hydrogen) atoms. The van der Waals surface area contributed by atoms with E-state index in [0.29, 0.717) is 16.8 Å². The number of ketones is 2. The van der Waals surface area contributed by atoms with Crippen LogP contribution >= 0.6 is 0 Å². The smallest absolute Gasteiger partial charge is 0.255 e. The van der Waals surface area contributed by atoms with Gasteiger partial charge in [0.05, 0.1) is 17.9 Å². The summed E-state index contributed by atoms with van der Waals surface area (Å²) in [6.45, 7) is -0.438. The second-order valence-corrected chi connectivity index (χ2v) is 9.23. The van der Waals surface area contributed by atoms with Crippen LogP contribution in [0.15, 0.2) is 59.8 Å². The number of aliphatic hydroxyl groups is 1. The zero-order valence-electron chi connectivity index (χ0n) is 19.5. The Hall–Kier alpha value is -4.11. The number of nitrogens with zero attached hydrogens (tertiary/aromatic N) is 1. The molecule has 1 unspecified atom stereocenters. The molecule has 0 bridgehead atoms. The lowest BCUT2D eigenvalue weighted by Gasteiger charge is -2.29. The molecule has 1 atom stereocenters. The number of carbonyl (C=O) groups excluding carboxylic acids is 5. The van der Waals surface area contributed by atoms with Gasteiger partial charge >= 0.3 is 0 Å². The summed E-state index contributed by atoms with van der Waals surface area (Å²) in [6.07, 6.45) is 0.706. The summed E-state index contributed by atoms with van der Waals surface area (Å²) in [7, 11) is 0. The van der Waals surface area contributed by atoms with Gasteiger partial charge in [0.15, 0.2) is 11.6 Å². The highest BCUT2D eigenvalue weighted by atomic mass is 16.3. The molecule has 5 rings (SSSR count). The van der Waals surface area contributed by atoms with E-state index in [0.717, 1.165) is 5.56 Å². The maximum atomic E-state index is 13.1. The van der Waals surface area contributed by atoms with Gasteiger partial charge in [0.1, 0.15) is 6.04 Å². The largest absolute Gasteiger partial charge is 0.390 e. The van der Waals surface area contributed by atoms with E-state index >= 15 is 0 Å². The molecule has 9 heteroatoms. The van der Waals surface area contributed by atoms with Gasteiger partial charge in [-0.1, -0.05) is 36.4 Å². The maximum Gasteiger partial charge on any atom is 0.255 e. The standard InChI is InChI=1S/C27H25N3O6/c31-14-20(25-22(32)11-16(12-23(25)33)15-5-2-1-3-6-15)28-19-8-4-7-17-18(19)13-30(27(17)36)21-9-10-24(34)29-26(21)35/h1-8,16,21,28,31H,9-14H2,(H,29,34,35). The van der Waals surface area contributed by atoms with Crippen molar-refractivity contribution in [2.45, 2.75) is 44.2 Å². The number of rotatable bonds is 5. The molecule has 0 spiro atoms. The van der Waals surface area contributed by atoms with Gasteiger partial charge < -0.3 is 15.3 Å². The van der Waals surface area contributed by atoms with Crippen LogP contribution in [0.4, 0.5) is 5.69 Å². The SMILES string of the molecule is O=C1CCC(N2Cc3c(NC(CO)=C4C(=O)CC(c5ccccc5)CC4=O)cccc3C2=O)C(=O)N1. The number of anilines is 1. The van der Waals surface area contributed by atoms with Crippen molar-refractivity contribution in [1.29, 1.82) is 0 Å². The number of fused-ring (bicyclic) bond motifs is 1. The van der Waals surface area contributed by atoms with Crippen molar-refractivity contribution in [3.63, 3.8) is 0 Å². The van der Waals surface area contributed by atoms with Crippen molar-refractivity contribution < 1.29 is 29.1 Å². The van der Waals surface area contributed by atoms with Crippen molar-refractivity contribution in [1.82, 2.24) is 10.2 Å². The fourth-order valence-electron chi connectivity index (χ4n) is 5.22. The lowest BCUT2D eigenvalue weighted by Crippen LogP contribution is -2.52. The number of amides is 3. The van der Waals surface area contributed by atoms with Crippen LogP contribution in [0.5, 0.6) is 0 Å². The van der Waals surface area contributed by atoms with E-state index in [1.807, 2.05) is 30.3 Å². The first-order valence-corrected chi connectivity index (χ1v) is 11.9. The Labute approximate surface area is 207 Å². The van der Waals surface area contributed by atoms with Crippen LogP contribution in [0, 0.1) is 0 Å². The Kier molecular flexibility index (Phi) is 6.24. The van der Waals surface area contributed by atoms with Gasteiger partial charge in [-0.25, -0.2) is 0 Å². The fraction of sp³-hybridized carbons (Fsp3) is 0.296. The summed E-state index contributed by atoms with van der Waals surface area (Å²) in [6, 6.07) is 13.6. The number of Topliss-reactive ketones (excluding diaryl/α,β-unsaturated/α-hetero) is 2. The number of hydrogen-bond donors (Lipinski definition) is 3. The average molecular weight is 488 g/mol. The number of hydrogen-bond acceptors (Lipinski definition) is 7. The molecular weight excluding hydrogens is 462 g/mol.